The summed E-state index contributed by atoms with van der Waals surface area (Å²) in [4.78, 5) is 5.14. The van der Waals surface area contributed by atoms with E-state index in [1.54, 1.807) is 0 Å². The van der Waals surface area contributed by atoms with Crippen LogP contribution in [0, 0.1) is 0 Å². The van der Waals surface area contributed by atoms with Gasteiger partial charge in [0.1, 0.15) is 5.82 Å². The van der Waals surface area contributed by atoms with E-state index < -0.39 is 6.04 Å². The predicted octanol–water partition coefficient (Wildman–Crippen LogP) is 12.0. The molecule has 0 saturated heterocycles. The average Bonchev–Trinajstić information content (AvgIpc) is 3.59. The summed E-state index contributed by atoms with van der Waals surface area (Å²) in [7, 11) is 0. The van der Waals surface area contributed by atoms with E-state index >= 15 is 0 Å². The van der Waals surface area contributed by atoms with Crippen LogP contribution in [0.4, 0.5) is 0 Å². The maximum Gasteiger partial charge on any atom is 0.145 e. The van der Waals surface area contributed by atoms with Crippen molar-refractivity contribution in [3.05, 3.63) is 182 Å². The maximum absolute atomic E-state index is 8.63. The molecule has 0 fully saturated rings. The van der Waals surface area contributed by atoms with Crippen LogP contribution in [0.1, 0.15) is 6.85 Å². The quantitative estimate of drug-likeness (QED) is 0.179. The van der Waals surface area contributed by atoms with Gasteiger partial charge in [-0.3, -0.25) is 4.57 Å². The first-order chi connectivity index (χ1) is 25.4. The molecule has 1 heterocycles. The first-order valence-electron chi connectivity index (χ1n) is 18.2. The predicted molar refractivity (Wildman–Crippen MR) is 198 cm³/mol. The van der Waals surface area contributed by atoms with Gasteiger partial charge in [-0.05, 0) is 91.3 Å². The van der Waals surface area contributed by atoms with Crippen molar-refractivity contribution in [2.45, 2.75) is 0 Å². The van der Waals surface area contributed by atoms with Gasteiger partial charge < -0.3 is 0 Å². The van der Waals surface area contributed by atoms with E-state index in [2.05, 4.69) is 89.5 Å². The molecule has 2 heteroatoms. The first kappa shape index (κ1) is 22.3. The highest BCUT2D eigenvalue weighted by molar-refractivity contribution is 6.21. The van der Waals surface area contributed by atoms with E-state index in [-0.39, 0.29) is 29.7 Å². The molecule has 2 nitrogen and oxygen atoms in total. The van der Waals surface area contributed by atoms with Crippen molar-refractivity contribution in [3.8, 4) is 50.5 Å². The minimum atomic E-state index is -0.399. The largest absolute Gasteiger partial charge is 0.292 e. The average molecular weight is 604 g/mol. The van der Waals surface area contributed by atoms with Gasteiger partial charge in [0.15, 0.2) is 0 Å². The van der Waals surface area contributed by atoms with Crippen molar-refractivity contribution >= 4 is 32.6 Å². The summed E-state index contributed by atoms with van der Waals surface area (Å²) in [6.45, 7) is 0. The highest BCUT2D eigenvalue weighted by atomic mass is 15.1. The summed E-state index contributed by atoms with van der Waals surface area (Å²) >= 11 is 0. The fraction of sp³-hybridized carbons (Fsp3) is 0. The zero-order valence-corrected chi connectivity index (χ0v) is 25.3. The lowest BCUT2D eigenvalue weighted by Crippen LogP contribution is -1.97. The molecular formula is C45H30N2. The Kier molecular flexibility index (Phi) is 5.35. The summed E-state index contributed by atoms with van der Waals surface area (Å²) in [6.07, 6.45) is 0. The molecule has 0 amide bonds. The van der Waals surface area contributed by atoms with Gasteiger partial charge in [-0.2, -0.15) is 0 Å². The Morgan fingerprint density at radius 2 is 0.936 bits per heavy atom. The highest BCUT2D eigenvalue weighted by Gasteiger charge is 2.19. The van der Waals surface area contributed by atoms with Crippen LogP contribution in [0.2, 0.25) is 0 Å². The fourth-order valence-electron chi connectivity index (χ4n) is 6.85. The van der Waals surface area contributed by atoms with Crippen LogP contribution in [-0.2, 0) is 0 Å². The van der Waals surface area contributed by atoms with E-state index in [1.807, 2.05) is 66.7 Å². The normalized spacial score (nSPS) is 12.9. The van der Waals surface area contributed by atoms with Crippen LogP contribution in [0.15, 0.2) is 182 Å². The number of hydrogen-bond acceptors (Lipinski definition) is 1. The lowest BCUT2D eigenvalue weighted by atomic mass is 9.85. The van der Waals surface area contributed by atoms with Gasteiger partial charge in [-0.1, -0.05) is 145 Å². The van der Waals surface area contributed by atoms with E-state index in [9.17, 15) is 0 Å². The number of nitrogens with zero attached hydrogens (tertiary/aromatic N) is 2. The highest BCUT2D eigenvalue weighted by Crippen LogP contribution is 2.45. The van der Waals surface area contributed by atoms with Gasteiger partial charge in [0.25, 0.3) is 0 Å². The summed E-state index contributed by atoms with van der Waals surface area (Å²) in [5.41, 5.74) is 8.87. The Morgan fingerprint density at radius 1 is 0.426 bits per heavy atom. The third-order valence-corrected chi connectivity index (χ3v) is 8.86. The number of hydrogen-bond donors (Lipinski definition) is 0. The lowest BCUT2D eigenvalue weighted by Gasteiger charge is -2.18. The molecule has 0 saturated carbocycles. The standard InChI is InChI=1S/C45H30N2/c1-3-15-31(16-4-1)32-17-13-18-33(29-32)43-37-23-7-9-25-39(37)44(40-26-10-8-24-38(40)43)34-19-14-20-35(30-34)45-46-41-27-11-12-28-42(41)47(45)36-21-5-2-6-22-36/h1-30H/i1D,3D,4D,15D,16D. The Balaban J connectivity index is 1.27. The second-order valence-electron chi connectivity index (χ2n) is 11.6. The maximum atomic E-state index is 8.63. The van der Waals surface area contributed by atoms with Crippen LogP contribution in [-0.4, -0.2) is 9.55 Å². The van der Waals surface area contributed by atoms with Gasteiger partial charge in [-0.25, -0.2) is 4.98 Å². The SMILES string of the molecule is [2H]c1c([2H])c([2H])c(-c2cccc(-c3c4ccccc4c(-c4cccc(-c5nc6ccccc6n5-c5ccccc5)c4)c4ccccc34)c2)c([2H])c1[2H]. The number of fused-ring (bicyclic) bond motifs is 3. The fourth-order valence-corrected chi connectivity index (χ4v) is 6.85. The van der Waals surface area contributed by atoms with Gasteiger partial charge in [0.05, 0.1) is 17.9 Å². The molecule has 0 aliphatic heterocycles. The second-order valence-corrected chi connectivity index (χ2v) is 11.6. The summed E-state index contributed by atoms with van der Waals surface area (Å²) < 4.78 is 44.1. The molecule has 220 valence electrons. The van der Waals surface area contributed by atoms with Gasteiger partial charge in [0, 0.05) is 11.3 Å². The van der Waals surface area contributed by atoms with Crippen LogP contribution in [0.5, 0.6) is 0 Å². The van der Waals surface area contributed by atoms with Crippen LogP contribution < -0.4 is 0 Å². The van der Waals surface area contributed by atoms with Crippen molar-refractivity contribution in [2.75, 3.05) is 0 Å². The summed E-state index contributed by atoms with van der Waals surface area (Å²) in [5, 5.41) is 4.27. The van der Waals surface area contributed by atoms with Crippen LogP contribution >= 0.6 is 0 Å². The van der Waals surface area contributed by atoms with Crippen molar-refractivity contribution < 1.29 is 6.85 Å². The monoisotopic (exact) mass is 603 g/mol. The smallest absolute Gasteiger partial charge is 0.145 e. The second kappa shape index (κ2) is 11.3. The molecule has 0 radical (unpaired) electrons. The number of imidazole rings is 1. The summed E-state index contributed by atoms with van der Waals surface area (Å²) in [6, 6.07) is 50.1. The zero-order valence-electron chi connectivity index (χ0n) is 30.3. The van der Waals surface area contributed by atoms with Gasteiger partial charge in [-0.15, -0.1) is 0 Å². The Bertz CT molecular complexity index is 2770. The van der Waals surface area contributed by atoms with E-state index in [4.69, 9.17) is 11.8 Å². The molecule has 9 rings (SSSR count). The molecule has 0 aliphatic rings. The van der Waals surface area contributed by atoms with Crippen molar-refractivity contribution in [1.29, 1.82) is 0 Å². The molecule has 0 bridgehead atoms. The minimum Gasteiger partial charge on any atom is -0.292 e. The molecule has 9 aromatic rings. The number of para-hydroxylation sites is 3. The van der Waals surface area contributed by atoms with Gasteiger partial charge >= 0.3 is 0 Å². The van der Waals surface area contributed by atoms with Crippen LogP contribution in [0.3, 0.4) is 0 Å². The lowest BCUT2D eigenvalue weighted by molar-refractivity contribution is 1.10. The van der Waals surface area contributed by atoms with Crippen LogP contribution in [0.25, 0.3) is 83.0 Å². The topological polar surface area (TPSA) is 17.8 Å². The minimum absolute atomic E-state index is 0.191. The van der Waals surface area contributed by atoms with E-state index in [1.165, 1.54) is 0 Å². The Labute approximate surface area is 280 Å². The third-order valence-electron chi connectivity index (χ3n) is 8.86. The van der Waals surface area contributed by atoms with Crippen molar-refractivity contribution in [3.63, 3.8) is 0 Å². The molecule has 0 unspecified atom stereocenters. The Hall–Kier alpha value is -6.25. The molecule has 8 aromatic carbocycles. The Morgan fingerprint density at radius 3 is 1.57 bits per heavy atom. The first-order valence-corrected chi connectivity index (χ1v) is 15.7. The van der Waals surface area contributed by atoms with E-state index in [0.717, 1.165) is 71.9 Å². The van der Waals surface area contributed by atoms with Crippen molar-refractivity contribution in [2.24, 2.45) is 0 Å². The number of benzene rings is 8. The molecule has 0 aliphatic carbocycles. The number of aromatic nitrogens is 2. The molecule has 0 spiro atoms. The van der Waals surface area contributed by atoms with Gasteiger partial charge in [0.2, 0.25) is 0 Å². The zero-order chi connectivity index (χ0) is 35.5. The number of rotatable bonds is 5. The molecule has 0 N–H and O–H groups in total. The van der Waals surface area contributed by atoms with Crippen molar-refractivity contribution in [1.82, 2.24) is 9.55 Å². The van der Waals surface area contributed by atoms with E-state index in [0.29, 0.717) is 5.56 Å². The molecule has 0 atom stereocenters. The molecule has 1 aromatic heterocycles. The molecule has 47 heavy (non-hydrogen) atoms. The molecular weight excluding hydrogens is 569 g/mol. The summed E-state index contributed by atoms with van der Waals surface area (Å²) in [5.74, 6) is 0.865. The third kappa shape index (κ3) is 4.62.